The maximum absolute atomic E-state index is 13.6. The summed E-state index contributed by atoms with van der Waals surface area (Å²) in [5, 5.41) is 3.01. The smallest absolute Gasteiger partial charge is 0.254 e. The zero-order chi connectivity index (χ0) is 18.5. The monoisotopic (exact) mass is 357 g/mol. The highest BCUT2D eigenvalue weighted by Gasteiger charge is 2.18. The first-order valence-electron chi connectivity index (χ1n) is 9.23. The number of amides is 1. The number of rotatable bonds is 5. The van der Waals surface area contributed by atoms with Crippen LogP contribution in [0.2, 0.25) is 0 Å². The van der Waals surface area contributed by atoms with Gasteiger partial charge in [0.05, 0.1) is 0 Å². The molecule has 1 fully saturated rings. The molecule has 5 nitrogen and oxygen atoms in total. The Hall–Kier alpha value is -2.50. The van der Waals surface area contributed by atoms with Gasteiger partial charge in [0.1, 0.15) is 18.2 Å². The predicted octanol–water partition coefficient (Wildman–Crippen LogP) is 3.06. The highest BCUT2D eigenvalue weighted by Crippen LogP contribution is 2.19. The van der Waals surface area contributed by atoms with Gasteiger partial charge in [0.2, 0.25) is 5.91 Å². The molecule has 0 radical (unpaired) electrons. The molecule has 1 heterocycles. The summed E-state index contributed by atoms with van der Waals surface area (Å²) in [5.74, 6) is -0.285. The lowest BCUT2D eigenvalue weighted by molar-refractivity contribution is -0.122. The van der Waals surface area contributed by atoms with Gasteiger partial charge >= 0.3 is 0 Å². The molecule has 0 atom stereocenters. The van der Waals surface area contributed by atoms with Crippen LogP contribution < -0.4 is 10.9 Å². The van der Waals surface area contributed by atoms with Crippen LogP contribution in [0.5, 0.6) is 0 Å². The van der Waals surface area contributed by atoms with Crippen molar-refractivity contribution in [1.29, 1.82) is 0 Å². The minimum Gasteiger partial charge on any atom is -0.352 e. The molecule has 6 heteroatoms. The number of hydrogen-bond donors (Lipinski definition) is 1. The summed E-state index contributed by atoms with van der Waals surface area (Å²) in [7, 11) is 0. The van der Waals surface area contributed by atoms with Crippen LogP contribution >= 0.6 is 0 Å². The summed E-state index contributed by atoms with van der Waals surface area (Å²) in [6, 6.07) is 7.55. The fraction of sp³-hybridized carbons (Fsp3) is 0.450. The minimum absolute atomic E-state index is 0.113. The maximum atomic E-state index is 13.6. The van der Waals surface area contributed by atoms with Crippen molar-refractivity contribution in [2.24, 2.45) is 0 Å². The summed E-state index contributed by atoms with van der Waals surface area (Å²) in [5.41, 5.74) is 0.816. The van der Waals surface area contributed by atoms with E-state index in [1.165, 1.54) is 29.2 Å². The Bertz CT molecular complexity index is 841. The van der Waals surface area contributed by atoms with Gasteiger partial charge in [-0.25, -0.2) is 9.37 Å². The lowest BCUT2D eigenvalue weighted by atomic mass is 9.95. The van der Waals surface area contributed by atoms with Crippen LogP contribution in [0, 0.1) is 5.82 Å². The Morgan fingerprint density at radius 2 is 2.04 bits per heavy atom. The van der Waals surface area contributed by atoms with Crippen molar-refractivity contribution in [3.8, 4) is 11.4 Å². The van der Waals surface area contributed by atoms with Crippen LogP contribution in [0.3, 0.4) is 0 Å². The normalized spacial score (nSPS) is 15.0. The molecule has 0 bridgehead atoms. The van der Waals surface area contributed by atoms with E-state index in [4.69, 9.17) is 0 Å². The Balaban J connectivity index is 1.90. The van der Waals surface area contributed by atoms with Crippen molar-refractivity contribution in [1.82, 2.24) is 14.9 Å². The molecule has 138 valence electrons. The first-order valence-corrected chi connectivity index (χ1v) is 9.23. The van der Waals surface area contributed by atoms with Gasteiger partial charge in [0, 0.05) is 23.4 Å². The lowest BCUT2D eigenvalue weighted by Gasteiger charge is -2.23. The lowest BCUT2D eigenvalue weighted by Crippen LogP contribution is -2.40. The van der Waals surface area contributed by atoms with Crippen molar-refractivity contribution in [2.75, 3.05) is 0 Å². The van der Waals surface area contributed by atoms with Gasteiger partial charge in [-0.1, -0.05) is 38.3 Å². The number of benzene rings is 1. The second-order valence-corrected chi connectivity index (χ2v) is 6.76. The molecule has 1 N–H and O–H groups in total. The van der Waals surface area contributed by atoms with E-state index in [0.29, 0.717) is 23.5 Å². The van der Waals surface area contributed by atoms with Crippen molar-refractivity contribution < 1.29 is 9.18 Å². The number of aryl methyl sites for hydroxylation is 1. The summed E-state index contributed by atoms with van der Waals surface area (Å²) in [6.07, 6.45) is 5.98. The predicted molar refractivity (Wildman–Crippen MR) is 98.3 cm³/mol. The van der Waals surface area contributed by atoms with E-state index >= 15 is 0 Å². The van der Waals surface area contributed by atoms with Crippen LogP contribution in [0.15, 0.2) is 35.1 Å². The van der Waals surface area contributed by atoms with E-state index in [-0.39, 0.29) is 24.1 Å². The molecule has 1 aromatic carbocycles. The zero-order valence-electron chi connectivity index (χ0n) is 15.0. The third-order valence-electron chi connectivity index (χ3n) is 4.78. The van der Waals surface area contributed by atoms with Gasteiger partial charge in [-0.2, -0.15) is 0 Å². The Labute approximate surface area is 152 Å². The van der Waals surface area contributed by atoms with Crippen molar-refractivity contribution in [2.45, 2.75) is 58.0 Å². The Morgan fingerprint density at radius 1 is 1.27 bits per heavy atom. The molecule has 0 unspecified atom stereocenters. The average Bonchev–Trinajstić information content (AvgIpc) is 2.64. The molecule has 1 saturated carbocycles. The summed E-state index contributed by atoms with van der Waals surface area (Å²) in [4.78, 5) is 29.5. The molecule has 1 aromatic heterocycles. The third kappa shape index (κ3) is 4.36. The van der Waals surface area contributed by atoms with Gasteiger partial charge in [0.15, 0.2) is 0 Å². The molecule has 0 spiro atoms. The summed E-state index contributed by atoms with van der Waals surface area (Å²) >= 11 is 0. The molecular formula is C20H24FN3O2. The van der Waals surface area contributed by atoms with Crippen LogP contribution in [-0.4, -0.2) is 21.5 Å². The molecule has 26 heavy (non-hydrogen) atoms. The number of carbonyl (C=O) groups excluding carboxylic acids is 1. The van der Waals surface area contributed by atoms with E-state index in [1.807, 2.05) is 6.92 Å². The van der Waals surface area contributed by atoms with Crippen molar-refractivity contribution in [3.05, 3.63) is 52.2 Å². The van der Waals surface area contributed by atoms with Gasteiger partial charge in [-0.05, 0) is 31.4 Å². The number of nitrogens with one attached hydrogen (secondary N) is 1. The molecule has 1 aliphatic carbocycles. The average molecular weight is 357 g/mol. The van der Waals surface area contributed by atoms with Crippen LogP contribution in [-0.2, 0) is 17.8 Å². The second kappa shape index (κ2) is 8.25. The second-order valence-electron chi connectivity index (χ2n) is 6.76. The molecule has 0 saturated heterocycles. The van der Waals surface area contributed by atoms with Crippen LogP contribution in [0.25, 0.3) is 11.4 Å². The van der Waals surface area contributed by atoms with Crippen LogP contribution in [0.1, 0.15) is 44.7 Å². The highest BCUT2D eigenvalue weighted by atomic mass is 19.1. The van der Waals surface area contributed by atoms with Crippen molar-refractivity contribution >= 4 is 5.91 Å². The Morgan fingerprint density at radius 3 is 2.73 bits per heavy atom. The number of hydrogen-bond acceptors (Lipinski definition) is 3. The van der Waals surface area contributed by atoms with Gasteiger partial charge in [0.25, 0.3) is 5.56 Å². The quantitative estimate of drug-likeness (QED) is 0.894. The van der Waals surface area contributed by atoms with Gasteiger partial charge in [-0.15, -0.1) is 0 Å². The standard InChI is InChI=1S/C20H24FN3O2/c1-2-16-12-19(26)24(13-18(25)22-17-9-4-3-5-10-17)20(23-16)14-7-6-8-15(21)11-14/h6-8,11-12,17H,2-5,9-10,13H2,1H3,(H,22,25). The van der Waals surface area contributed by atoms with Gasteiger partial charge in [-0.3, -0.25) is 14.2 Å². The van der Waals surface area contributed by atoms with E-state index < -0.39 is 5.82 Å². The number of nitrogens with zero attached hydrogens (tertiary/aromatic N) is 2. The van der Waals surface area contributed by atoms with E-state index in [9.17, 15) is 14.0 Å². The summed E-state index contributed by atoms with van der Waals surface area (Å²) in [6.45, 7) is 1.79. The number of aromatic nitrogens is 2. The van der Waals surface area contributed by atoms with Gasteiger partial charge < -0.3 is 5.32 Å². The van der Waals surface area contributed by atoms with Crippen molar-refractivity contribution in [3.63, 3.8) is 0 Å². The molecular weight excluding hydrogens is 333 g/mol. The highest BCUT2D eigenvalue weighted by molar-refractivity contribution is 5.76. The number of halogens is 1. The molecule has 1 amide bonds. The zero-order valence-corrected chi connectivity index (χ0v) is 15.0. The topological polar surface area (TPSA) is 64.0 Å². The Kier molecular flexibility index (Phi) is 5.81. The molecule has 1 aliphatic rings. The fourth-order valence-electron chi connectivity index (χ4n) is 3.40. The van der Waals surface area contributed by atoms with E-state index in [0.717, 1.165) is 25.7 Å². The first-order chi connectivity index (χ1) is 12.6. The SMILES string of the molecule is CCc1cc(=O)n(CC(=O)NC2CCCCC2)c(-c2cccc(F)c2)n1. The van der Waals surface area contributed by atoms with E-state index in [2.05, 4.69) is 10.3 Å². The fourth-order valence-corrected chi connectivity index (χ4v) is 3.40. The molecule has 3 rings (SSSR count). The van der Waals surface area contributed by atoms with Crippen LogP contribution in [0.4, 0.5) is 4.39 Å². The molecule has 2 aromatic rings. The molecule has 0 aliphatic heterocycles. The first kappa shape index (κ1) is 18.3. The summed E-state index contributed by atoms with van der Waals surface area (Å²) < 4.78 is 15.0. The minimum atomic E-state index is -0.406. The largest absolute Gasteiger partial charge is 0.352 e. The third-order valence-corrected chi connectivity index (χ3v) is 4.78. The van der Waals surface area contributed by atoms with E-state index in [1.54, 1.807) is 12.1 Å². The maximum Gasteiger partial charge on any atom is 0.254 e. The number of carbonyl (C=O) groups is 1.